The van der Waals surface area contributed by atoms with E-state index < -0.39 is 0 Å². The zero-order valence-corrected chi connectivity index (χ0v) is 20.3. The van der Waals surface area contributed by atoms with E-state index in [1.807, 2.05) is 66.4 Å². The summed E-state index contributed by atoms with van der Waals surface area (Å²) in [5, 5.41) is 2.99. The van der Waals surface area contributed by atoms with Crippen LogP contribution in [0.5, 0.6) is 5.75 Å². The summed E-state index contributed by atoms with van der Waals surface area (Å²) in [6.45, 7) is 7.21. The highest BCUT2D eigenvalue weighted by Gasteiger charge is 2.35. The molecule has 2 aliphatic rings. The number of rotatable bonds is 9. The molecule has 0 aliphatic carbocycles. The number of carbonyl (C=O) groups excluding carboxylic acids is 3. The number of amides is 3. The minimum absolute atomic E-state index is 0.0117. The number of anilines is 1. The van der Waals surface area contributed by atoms with E-state index in [1.54, 1.807) is 4.90 Å². The van der Waals surface area contributed by atoms with Crippen molar-refractivity contribution in [3.63, 3.8) is 0 Å². The number of para-hydroxylation sites is 1. The summed E-state index contributed by atoms with van der Waals surface area (Å²) in [6.07, 6.45) is 0.637. The third-order valence-corrected chi connectivity index (χ3v) is 6.61. The van der Waals surface area contributed by atoms with Gasteiger partial charge in [-0.2, -0.15) is 0 Å². The predicted octanol–water partition coefficient (Wildman–Crippen LogP) is 1.94. The van der Waals surface area contributed by atoms with Gasteiger partial charge in [0.05, 0.1) is 18.9 Å². The monoisotopic (exact) mass is 478 g/mol. The lowest BCUT2D eigenvalue weighted by molar-refractivity contribution is -0.132. The van der Waals surface area contributed by atoms with E-state index in [0.717, 1.165) is 36.6 Å². The van der Waals surface area contributed by atoms with Crippen molar-refractivity contribution in [2.24, 2.45) is 5.92 Å². The number of ether oxygens (including phenoxy) is 1. The van der Waals surface area contributed by atoms with E-state index >= 15 is 0 Å². The molecular weight excluding hydrogens is 444 g/mol. The molecule has 0 radical (unpaired) electrons. The van der Waals surface area contributed by atoms with E-state index in [0.29, 0.717) is 39.2 Å². The Morgan fingerprint density at radius 2 is 1.71 bits per heavy atom. The first-order valence-electron chi connectivity index (χ1n) is 12.4. The Balaban J connectivity index is 1.14. The Hall–Kier alpha value is -3.39. The largest absolute Gasteiger partial charge is 0.494 e. The second kappa shape index (κ2) is 11.8. The summed E-state index contributed by atoms with van der Waals surface area (Å²) < 4.78 is 5.45. The molecule has 1 N–H and O–H groups in total. The van der Waals surface area contributed by atoms with Crippen LogP contribution < -0.4 is 15.0 Å². The maximum Gasteiger partial charge on any atom is 0.227 e. The Labute approximate surface area is 206 Å². The van der Waals surface area contributed by atoms with Crippen LogP contribution in [0.15, 0.2) is 54.6 Å². The molecule has 2 fully saturated rings. The van der Waals surface area contributed by atoms with Crippen LogP contribution in [0.1, 0.15) is 18.9 Å². The van der Waals surface area contributed by atoms with Gasteiger partial charge in [0.25, 0.3) is 0 Å². The molecule has 2 aliphatic heterocycles. The first kappa shape index (κ1) is 24.7. The van der Waals surface area contributed by atoms with Crippen LogP contribution in [-0.4, -0.2) is 79.9 Å². The number of benzene rings is 2. The van der Waals surface area contributed by atoms with Crippen molar-refractivity contribution in [3.8, 4) is 5.75 Å². The lowest BCUT2D eigenvalue weighted by Gasteiger charge is -2.34. The van der Waals surface area contributed by atoms with E-state index in [9.17, 15) is 14.4 Å². The lowest BCUT2D eigenvalue weighted by Crippen LogP contribution is -2.50. The molecule has 8 heteroatoms. The lowest BCUT2D eigenvalue weighted by atomic mass is 10.1. The highest BCUT2D eigenvalue weighted by Crippen LogP contribution is 2.24. The molecular formula is C27H34N4O4. The fraction of sp³-hybridized carbons (Fsp3) is 0.444. The summed E-state index contributed by atoms with van der Waals surface area (Å²) in [5.74, 6) is 0.552. The molecule has 8 nitrogen and oxygen atoms in total. The third-order valence-electron chi connectivity index (χ3n) is 6.61. The van der Waals surface area contributed by atoms with Crippen LogP contribution in [0.2, 0.25) is 0 Å². The maximum atomic E-state index is 12.7. The average Bonchev–Trinajstić information content (AvgIpc) is 3.28. The highest BCUT2D eigenvalue weighted by molar-refractivity contribution is 6.00. The van der Waals surface area contributed by atoms with Crippen LogP contribution in [-0.2, 0) is 20.8 Å². The minimum atomic E-state index is -0.320. The quantitative estimate of drug-likeness (QED) is 0.596. The van der Waals surface area contributed by atoms with Gasteiger partial charge >= 0.3 is 0 Å². The van der Waals surface area contributed by atoms with Gasteiger partial charge < -0.3 is 19.9 Å². The number of hydrogen-bond acceptors (Lipinski definition) is 5. The summed E-state index contributed by atoms with van der Waals surface area (Å²) in [6, 6.07) is 17.2. The minimum Gasteiger partial charge on any atom is -0.494 e. The topological polar surface area (TPSA) is 82.2 Å². The van der Waals surface area contributed by atoms with E-state index in [-0.39, 0.29) is 30.1 Å². The number of carbonyl (C=O) groups is 3. The van der Waals surface area contributed by atoms with E-state index in [2.05, 4.69) is 10.2 Å². The smallest absolute Gasteiger partial charge is 0.227 e. The van der Waals surface area contributed by atoms with Crippen molar-refractivity contribution in [1.29, 1.82) is 0 Å². The Morgan fingerprint density at radius 1 is 1.00 bits per heavy atom. The van der Waals surface area contributed by atoms with Gasteiger partial charge in [-0.3, -0.25) is 19.3 Å². The van der Waals surface area contributed by atoms with Crippen LogP contribution in [0.25, 0.3) is 0 Å². The fourth-order valence-corrected chi connectivity index (χ4v) is 4.60. The van der Waals surface area contributed by atoms with Gasteiger partial charge in [0, 0.05) is 57.9 Å². The van der Waals surface area contributed by atoms with Crippen molar-refractivity contribution in [1.82, 2.24) is 15.1 Å². The zero-order chi connectivity index (χ0) is 24.6. The van der Waals surface area contributed by atoms with Crippen molar-refractivity contribution in [3.05, 3.63) is 60.2 Å². The maximum absolute atomic E-state index is 12.7. The molecule has 186 valence electrons. The molecule has 0 spiro atoms. The standard InChI is InChI=1S/C27H34N4O4/c1-2-35-24-10-8-21(9-11-24)18-25(32)30-16-14-29(15-17-30)13-12-28-27(34)22-19-26(33)31(20-22)23-6-4-3-5-7-23/h3-11,22H,2,12-20H2,1H3,(H,28,34). The van der Waals surface area contributed by atoms with Gasteiger partial charge in [0.1, 0.15) is 5.75 Å². The highest BCUT2D eigenvalue weighted by atomic mass is 16.5. The van der Waals surface area contributed by atoms with Crippen LogP contribution in [0, 0.1) is 5.92 Å². The second-order valence-electron chi connectivity index (χ2n) is 9.01. The molecule has 2 heterocycles. The first-order chi connectivity index (χ1) is 17.0. The summed E-state index contributed by atoms with van der Waals surface area (Å²) in [7, 11) is 0. The summed E-state index contributed by atoms with van der Waals surface area (Å²) in [5.41, 5.74) is 1.82. The van der Waals surface area contributed by atoms with Crippen molar-refractivity contribution in [2.45, 2.75) is 19.8 Å². The molecule has 1 unspecified atom stereocenters. The van der Waals surface area contributed by atoms with Crippen molar-refractivity contribution < 1.29 is 19.1 Å². The average molecular weight is 479 g/mol. The summed E-state index contributed by atoms with van der Waals surface area (Å²) >= 11 is 0. The van der Waals surface area contributed by atoms with Crippen molar-refractivity contribution >= 4 is 23.4 Å². The Morgan fingerprint density at radius 3 is 2.40 bits per heavy atom. The molecule has 2 aromatic carbocycles. The fourth-order valence-electron chi connectivity index (χ4n) is 4.60. The van der Waals surface area contributed by atoms with Crippen molar-refractivity contribution in [2.75, 3.05) is 57.3 Å². The third kappa shape index (κ3) is 6.60. The molecule has 0 saturated carbocycles. The molecule has 0 bridgehead atoms. The molecule has 3 amide bonds. The van der Waals surface area contributed by atoms with Gasteiger partial charge in [0.15, 0.2) is 0 Å². The molecule has 0 aromatic heterocycles. The number of nitrogens with one attached hydrogen (secondary N) is 1. The van der Waals surface area contributed by atoms with Gasteiger partial charge in [-0.25, -0.2) is 0 Å². The van der Waals surface area contributed by atoms with E-state index in [1.165, 1.54) is 0 Å². The molecule has 2 saturated heterocycles. The second-order valence-corrected chi connectivity index (χ2v) is 9.01. The molecule has 4 rings (SSSR count). The van der Waals surface area contributed by atoms with E-state index in [4.69, 9.17) is 4.74 Å². The van der Waals surface area contributed by atoms with Crippen LogP contribution in [0.3, 0.4) is 0 Å². The van der Waals surface area contributed by atoms with Gasteiger partial charge in [-0.15, -0.1) is 0 Å². The summed E-state index contributed by atoms with van der Waals surface area (Å²) in [4.78, 5) is 43.5. The van der Waals surface area contributed by atoms with Gasteiger partial charge in [-0.05, 0) is 36.8 Å². The van der Waals surface area contributed by atoms with Gasteiger partial charge in [0.2, 0.25) is 17.7 Å². The van der Waals surface area contributed by atoms with Crippen LogP contribution in [0.4, 0.5) is 5.69 Å². The molecule has 2 aromatic rings. The normalized spacial score (nSPS) is 18.5. The molecule has 1 atom stereocenters. The number of nitrogens with zero attached hydrogens (tertiary/aromatic N) is 3. The SMILES string of the molecule is CCOc1ccc(CC(=O)N2CCN(CCNC(=O)C3CC(=O)N(c4ccccc4)C3)CC2)cc1. The molecule has 35 heavy (non-hydrogen) atoms. The number of hydrogen-bond donors (Lipinski definition) is 1. The number of piperazine rings is 1. The Kier molecular flexibility index (Phi) is 8.36. The Bertz CT molecular complexity index is 1000. The first-order valence-corrected chi connectivity index (χ1v) is 12.4. The zero-order valence-electron chi connectivity index (χ0n) is 20.3. The van der Waals surface area contributed by atoms with Crippen LogP contribution >= 0.6 is 0 Å². The van der Waals surface area contributed by atoms with Gasteiger partial charge in [-0.1, -0.05) is 30.3 Å². The predicted molar refractivity (Wildman–Crippen MR) is 134 cm³/mol.